The number of aliphatic imine (C=N–C) groups is 1. The van der Waals surface area contributed by atoms with Crippen LogP contribution in [0.1, 0.15) is 43.4 Å². The lowest BCUT2D eigenvalue weighted by Gasteiger charge is -2.44. The Bertz CT molecular complexity index is 1140. The van der Waals surface area contributed by atoms with Crippen molar-refractivity contribution in [1.29, 1.82) is 0 Å². The molecule has 30 heavy (non-hydrogen) atoms. The van der Waals surface area contributed by atoms with E-state index in [-0.39, 0.29) is 5.54 Å². The second-order valence-electron chi connectivity index (χ2n) is 8.17. The molecule has 6 rings (SSSR count). The molecule has 0 saturated heterocycles. The minimum atomic E-state index is -0.241. The summed E-state index contributed by atoms with van der Waals surface area (Å²) in [5, 5.41) is 18.0. The van der Waals surface area contributed by atoms with Crippen molar-refractivity contribution < 1.29 is 0 Å². The number of hydrogen-bond acceptors (Lipinski definition) is 6. The normalized spacial score (nSPS) is 19.0. The van der Waals surface area contributed by atoms with Gasteiger partial charge in [0.25, 0.3) is 5.96 Å². The summed E-state index contributed by atoms with van der Waals surface area (Å²) in [5.74, 6) is 1.66. The zero-order valence-electron chi connectivity index (χ0n) is 16.9. The Morgan fingerprint density at radius 2 is 1.47 bits per heavy atom. The molecule has 1 aliphatic carbocycles. The van der Waals surface area contributed by atoms with Gasteiger partial charge in [0, 0.05) is 5.56 Å². The Balaban J connectivity index is 1.58. The van der Waals surface area contributed by atoms with Crippen molar-refractivity contribution in [2.45, 2.75) is 44.6 Å². The van der Waals surface area contributed by atoms with E-state index in [0.717, 1.165) is 41.7 Å². The molecular formula is C23H23N7. The highest BCUT2D eigenvalue weighted by Gasteiger charge is 2.52. The van der Waals surface area contributed by atoms with E-state index >= 15 is 0 Å². The SMILES string of the molecule is Cc1nn(-c2ccccc2)c2c1C1(CCCCC1)N1N=NN(c3ccccc3)C1=N2. The molecule has 3 aromatic rings. The highest BCUT2D eigenvalue weighted by Crippen LogP contribution is 2.52. The minimum Gasteiger partial charge on any atom is -0.215 e. The Kier molecular flexibility index (Phi) is 3.78. The number of aromatic nitrogens is 2. The van der Waals surface area contributed by atoms with Gasteiger partial charge < -0.3 is 0 Å². The molecule has 0 radical (unpaired) electrons. The van der Waals surface area contributed by atoms with Gasteiger partial charge in [-0.3, -0.25) is 0 Å². The molecule has 7 nitrogen and oxygen atoms in total. The van der Waals surface area contributed by atoms with Crippen LogP contribution in [0.2, 0.25) is 0 Å². The number of guanidine groups is 1. The largest absolute Gasteiger partial charge is 0.253 e. The van der Waals surface area contributed by atoms with Crippen LogP contribution in [0.4, 0.5) is 11.5 Å². The number of benzene rings is 2. The van der Waals surface area contributed by atoms with Crippen LogP contribution in [-0.2, 0) is 5.54 Å². The van der Waals surface area contributed by atoms with E-state index in [0.29, 0.717) is 0 Å². The van der Waals surface area contributed by atoms with E-state index < -0.39 is 0 Å². The van der Waals surface area contributed by atoms with Crippen LogP contribution in [-0.4, -0.2) is 20.7 Å². The zero-order valence-corrected chi connectivity index (χ0v) is 16.9. The lowest BCUT2D eigenvalue weighted by Crippen LogP contribution is -2.51. The van der Waals surface area contributed by atoms with Crippen molar-refractivity contribution in [3.05, 3.63) is 71.9 Å². The van der Waals surface area contributed by atoms with Crippen LogP contribution >= 0.6 is 0 Å². The molecule has 1 aromatic heterocycles. The molecule has 7 heteroatoms. The summed E-state index contributed by atoms with van der Waals surface area (Å²) < 4.78 is 1.98. The van der Waals surface area contributed by atoms with Crippen molar-refractivity contribution in [2.24, 2.45) is 15.4 Å². The topological polar surface area (TPSA) is 61.4 Å². The smallest absolute Gasteiger partial charge is 0.215 e. The first-order valence-electron chi connectivity index (χ1n) is 10.6. The summed E-state index contributed by atoms with van der Waals surface area (Å²) in [4.78, 5) is 5.09. The molecule has 0 amide bonds. The van der Waals surface area contributed by atoms with Gasteiger partial charge in [-0.1, -0.05) is 55.7 Å². The van der Waals surface area contributed by atoms with E-state index in [1.54, 1.807) is 0 Å². The molecule has 2 aromatic carbocycles. The van der Waals surface area contributed by atoms with Crippen LogP contribution in [0.3, 0.4) is 0 Å². The maximum Gasteiger partial charge on any atom is 0.253 e. The quantitative estimate of drug-likeness (QED) is 0.578. The molecule has 0 unspecified atom stereocenters. The summed E-state index contributed by atoms with van der Waals surface area (Å²) in [6, 6.07) is 20.3. The van der Waals surface area contributed by atoms with Crippen LogP contribution in [0.5, 0.6) is 0 Å². The summed E-state index contributed by atoms with van der Waals surface area (Å²) in [6.07, 6.45) is 5.65. The molecule has 0 atom stereocenters. The highest BCUT2D eigenvalue weighted by molar-refractivity contribution is 5.99. The fraction of sp³-hybridized carbons (Fsp3) is 0.304. The lowest BCUT2D eigenvalue weighted by molar-refractivity contribution is 0.114. The van der Waals surface area contributed by atoms with Crippen molar-refractivity contribution >= 4 is 17.5 Å². The monoisotopic (exact) mass is 397 g/mol. The van der Waals surface area contributed by atoms with Gasteiger partial charge in [-0.15, -0.1) is 0 Å². The Labute approximate surface area is 175 Å². The molecule has 1 spiro atoms. The lowest BCUT2D eigenvalue weighted by atomic mass is 9.75. The predicted molar refractivity (Wildman–Crippen MR) is 116 cm³/mol. The number of para-hydroxylation sites is 2. The molecular weight excluding hydrogens is 374 g/mol. The first-order valence-corrected chi connectivity index (χ1v) is 10.6. The van der Waals surface area contributed by atoms with E-state index in [1.807, 2.05) is 58.2 Å². The number of hydrogen-bond donors (Lipinski definition) is 0. The Morgan fingerprint density at radius 1 is 0.800 bits per heavy atom. The van der Waals surface area contributed by atoms with Gasteiger partial charge in [-0.05, 0) is 54.5 Å². The third kappa shape index (κ3) is 2.38. The van der Waals surface area contributed by atoms with Gasteiger partial charge in [0.05, 0.1) is 22.6 Å². The number of nitrogens with zero attached hydrogens (tertiary/aromatic N) is 7. The van der Waals surface area contributed by atoms with E-state index in [1.165, 1.54) is 24.8 Å². The predicted octanol–water partition coefficient (Wildman–Crippen LogP) is 5.45. The van der Waals surface area contributed by atoms with Gasteiger partial charge in [0.2, 0.25) is 0 Å². The summed E-state index contributed by atoms with van der Waals surface area (Å²) in [5.41, 5.74) is 3.95. The van der Waals surface area contributed by atoms with E-state index in [9.17, 15) is 0 Å². The third-order valence-electron chi connectivity index (χ3n) is 6.39. The molecule has 1 fully saturated rings. The maximum absolute atomic E-state index is 5.09. The van der Waals surface area contributed by atoms with Crippen LogP contribution in [0.15, 0.2) is 76.1 Å². The molecule has 0 N–H and O–H groups in total. The van der Waals surface area contributed by atoms with Crippen LogP contribution < -0.4 is 5.01 Å². The average Bonchev–Trinajstić information content (AvgIpc) is 3.38. The molecule has 1 saturated carbocycles. The van der Waals surface area contributed by atoms with E-state index in [4.69, 9.17) is 10.1 Å². The molecule has 2 aliphatic heterocycles. The summed E-state index contributed by atoms with van der Waals surface area (Å²) >= 11 is 0. The summed E-state index contributed by atoms with van der Waals surface area (Å²) in [6.45, 7) is 2.09. The van der Waals surface area contributed by atoms with Gasteiger partial charge in [-0.25, -0.2) is 9.69 Å². The Morgan fingerprint density at radius 3 is 2.17 bits per heavy atom. The van der Waals surface area contributed by atoms with Crippen molar-refractivity contribution in [2.75, 3.05) is 5.01 Å². The molecule has 150 valence electrons. The fourth-order valence-corrected chi connectivity index (χ4v) is 5.07. The van der Waals surface area contributed by atoms with Gasteiger partial charge in [0.1, 0.15) is 0 Å². The minimum absolute atomic E-state index is 0.241. The standard InChI is InChI=1S/C23H23N7/c1-17-20-21(28(25-17)18-11-5-2-6-12-18)24-22-29(19-13-7-3-8-14-19)26-27-30(22)23(20)15-9-4-10-16-23/h2-3,5-8,11-14H,4,9-10,15-16H2,1H3. The highest BCUT2D eigenvalue weighted by atomic mass is 15.8. The van der Waals surface area contributed by atoms with Crippen molar-refractivity contribution in [3.63, 3.8) is 0 Å². The molecule has 0 bridgehead atoms. The number of anilines is 1. The third-order valence-corrected chi connectivity index (χ3v) is 6.39. The Hall–Kier alpha value is -3.48. The zero-order chi connectivity index (χ0) is 20.1. The van der Waals surface area contributed by atoms with Gasteiger partial charge >= 0.3 is 0 Å². The summed E-state index contributed by atoms with van der Waals surface area (Å²) in [7, 11) is 0. The maximum atomic E-state index is 5.09. The second kappa shape index (κ2) is 6.52. The van der Waals surface area contributed by atoms with Crippen LogP contribution in [0.25, 0.3) is 5.69 Å². The van der Waals surface area contributed by atoms with Crippen molar-refractivity contribution in [3.8, 4) is 5.69 Å². The fourth-order valence-electron chi connectivity index (χ4n) is 5.07. The van der Waals surface area contributed by atoms with E-state index in [2.05, 4.69) is 34.5 Å². The number of aryl methyl sites for hydroxylation is 1. The second-order valence-corrected chi connectivity index (χ2v) is 8.17. The first kappa shape index (κ1) is 17.4. The first-order chi connectivity index (χ1) is 14.8. The average molecular weight is 397 g/mol. The molecule has 3 heterocycles. The van der Waals surface area contributed by atoms with Gasteiger partial charge in [0.15, 0.2) is 5.82 Å². The van der Waals surface area contributed by atoms with Gasteiger partial charge in [-0.2, -0.15) is 15.1 Å². The van der Waals surface area contributed by atoms with Crippen molar-refractivity contribution in [1.82, 2.24) is 14.8 Å². The number of rotatable bonds is 2. The molecule has 3 aliphatic rings. The number of fused-ring (bicyclic) bond motifs is 4. The van der Waals surface area contributed by atoms with Crippen LogP contribution in [0, 0.1) is 6.92 Å².